The number of carbonyl (C=O) groups is 2. The van der Waals surface area contributed by atoms with Gasteiger partial charge in [-0.1, -0.05) is 42.0 Å². The Morgan fingerprint density at radius 2 is 1.84 bits per heavy atom. The lowest BCUT2D eigenvalue weighted by molar-refractivity contribution is -0.145. The molecule has 1 saturated heterocycles. The fourth-order valence-electron chi connectivity index (χ4n) is 3.29. The smallest absolute Gasteiger partial charge is 0.310 e. The van der Waals surface area contributed by atoms with Crippen LogP contribution in [0.2, 0.25) is 0 Å². The molecule has 7 heteroatoms. The lowest BCUT2D eigenvalue weighted by Gasteiger charge is -2.20. The molecule has 0 saturated carbocycles. The molecule has 4 rings (SSSR count). The molecule has 0 unspecified atom stereocenters. The van der Waals surface area contributed by atoms with Crippen LogP contribution in [-0.4, -0.2) is 34.2 Å². The average molecular weight is 356 g/mol. The number of ether oxygens (including phenoxy) is 1. The Bertz CT molecular complexity index is 858. The summed E-state index contributed by atoms with van der Waals surface area (Å²) >= 11 is 1.32. The van der Waals surface area contributed by atoms with Crippen molar-refractivity contribution in [2.75, 3.05) is 5.32 Å². The Morgan fingerprint density at radius 1 is 1.16 bits per heavy atom. The molecule has 3 heterocycles. The molecule has 0 aliphatic carbocycles. The van der Waals surface area contributed by atoms with Crippen molar-refractivity contribution >= 4 is 28.3 Å². The minimum atomic E-state index is -1.02. The van der Waals surface area contributed by atoms with E-state index in [1.807, 2.05) is 36.6 Å². The second-order valence-corrected chi connectivity index (χ2v) is 7.09. The van der Waals surface area contributed by atoms with Crippen molar-refractivity contribution in [3.8, 4) is 11.3 Å². The van der Waals surface area contributed by atoms with Crippen LogP contribution in [0, 0.1) is 18.8 Å². The maximum atomic E-state index is 12.6. The lowest BCUT2D eigenvalue weighted by Crippen LogP contribution is -2.39. The van der Waals surface area contributed by atoms with Crippen LogP contribution in [0.15, 0.2) is 41.8 Å². The van der Waals surface area contributed by atoms with E-state index in [9.17, 15) is 14.7 Å². The van der Waals surface area contributed by atoms with Crippen molar-refractivity contribution in [1.29, 1.82) is 0 Å². The van der Waals surface area contributed by atoms with Gasteiger partial charge < -0.3 is 15.2 Å². The van der Waals surface area contributed by atoms with Crippen LogP contribution in [0.4, 0.5) is 5.13 Å². The minimum absolute atomic E-state index is 0.367. The van der Waals surface area contributed by atoms with E-state index in [4.69, 9.17) is 4.74 Å². The van der Waals surface area contributed by atoms with Crippen molar-refractivity contribution in [3.63, 3.8) is 0 Å². The van der Waals surface area contributed by atoms with Gasteiger partial charge in [-0.3, -0.25) is 9.59 Å². The van der Waals surface area contributed by atoms with Gasteiger partial charge in [-0.15, -0.1) is 11.3 Å². The van der Waals surface area contributed by atoms with Crippen molar-refractivity contribution in [2.45, 2.75) is 19.1 Å². The number of thiazole rings is 1. The fraction of sp³-hybridized carbons (Fsp3) is 0.278. The molecule has 0 radical (unpaired) electrons. The minimum Gasteiger partial charge on any atom is -0.481 e. The summed E-state index contributed by atoms with van der Waals surface area (Å²) in [6, 6.07) is 7.96. The van der Waals surface area contributed by atoms with Crippen LogP contribution < -0.4 is 5.32 Å². The highest BCUT2D eigenvalue weighted by Gasteiger charge is 2.53. The fourth-order valence-corrected chi connectivity index (χ4v) is 4.01. The normalized spacial score (nSPS) is 26.8. The van der Waals surface area contributed by atoms with E-state index in [-0.39, 0.29) is 5.91 Å². The van der Waals surface area contributed by atoms with Crippen LogP contribution >= 0.6 is 11.3 Å². The first-order valence-corrected chi connectivity index (χ1v) is 8.81. The molecule has 0 spiro atoms. The maximum Gasteiger partial charge on any atom is 0.310 e. The quantitative estimate of drug-likeness (QED) is 0.823. The monoisotopic (exact) mass is 356 g/mol. The largest absolute Gasteiger partial charge is 0.481 e. The van der Waals surface area contributed by atoms with E-state index in [2.05, 4.69) is 10.3 Å². The van der Waals surface area contributed by atoms with Crippen LogP contribution in [0.1, 0.15) is 5.56 Å². The lowest BCUT2D eigenvalue weighted by atomic mass is 9.82. The third kappa shape index (κ3) is 2.85. The van der Waals surface area contributed by atoms with Gasteiger partial charge in [-0.2, -0.15) is 0 Å². The predicted octanol–water partition coefficient (Wildman–Crippen LogP) is 2.71. The first-order chi connectivity index (χ1) is 12.0. The van der Waals surface area contributed by atoms with Crippen molar-refractivity contribution < 1.29 is 19.4 Å². The van der Waals surface area contributed by atoms with Crippen LogP contribution in [-0.2, 0) is 14.3 Å². The maximum absolute atomic E-state index is 12.6. The molecule has 4 atom stereocenters. The SMILES string of the molecule is Cc1ccc(-c2csc(NC(=O)[C@H]3[C@@H](C(=O)O)[C@@H]4C=C[C@H]3O4)n2)cc1. The molecule has 1 amide bonds. The number of carboxylic acids is 1. The molecule has 2 aliphatic heterocycles. The highest BCUT2D eigenvalue weighted by molar-refractivity contribution is 7.14. The number of carboxylic acid groups (broad SMARTS) is 1. The van der Waals surface area contributed by atoms with Gasteiger partial charge >= 0.3 is 5.97 Å². The number of nitrogens with one attached hydrogen (secondary N) is 1. The number of hydrogen-bond acceptors (Lipinski definition) is 5. The number of benzene rings is 1. The number of rotatable bonds is 4. The number of aromatic nitrogens is 1. The molecule has 2 bridgehead atoms. The van der Waals surface area contributed by atoms with Crippen LogP contribution in [0.25, 0.3) is 11.3 Å². The van der Waals surface area contributed by atoms with Gasteiger partial charge in [0.1, 0.15) is 5.92 Å². The molecule has 25 heavy (non-hydrogen) atoms. The molecular formula is C18H16N2O4S. The molecule has 128 valence electrons. The van der Waals surface area contributed by atoms with E-state index in [0.29, 0.717) is 5.13 Å². The Morgan fingerprint density at radius 3 is 2.52 bits per heavy atom. The summed E-state index contributed by atoms with van der Waals surface area (Å²) in [5.41, 5.74) is 2.91. The zero-order chi connectivity index (χ0) is 17.6. The van der Waals surface area contributed by atoms with Gasteiger partial charge in [0.25, 0.3) is 0 Å². The topological polar surface area (TPSA) is 88.5 Å². The number of hydrogen-bond donors (Lipinski definition) is 2. The molecular weight excluding hydrogens is 340 g/mol. The molecule has 1 aromatic carbocycles. The molecule has 2 N–H and O–H groups in total. The summed E-state index contributed by atoms with van der Waals surface area (Å²) < 4.78 is 5.53. The standard InChI is InChI=1S/C18H16N2O4S/c1-9-2-4-10(5-3-9)11-8-25-18(19-11)20-16(21)14-12-6-7-13(24-12)15(14)17(22)23/h2-8,12-15H,1H3,(H,22,23)(H,19,20,21)/t12-,13+,14-,15+/m1/s1. The van der Waals surface area contributed by atoms with Gasteiger partial charge in [0.05, 0.1) is 23.8 Å². The summed E-state index contributed by atoms with van der Waals surface area (Å²) in [6.07, 6.45) is 2.46. The van der Waals surface area contributed by atoms with E-state index >= 15 is 0 Å². The number of fused-ring (bicyclic) bond motifs is 2. The first kappa shape index (κ1) is 16.0. The third-order valence-electron chi connectivity index (χ3n) is 4.57. The highest BCUT2D eigenvalue weighted by atomic mass is 32.1. The Hall–Kier alpha value is -2.51. The molecule has 2 aliphatic rings. The summed E-state index contributed by atoms with van der Waals surface area (Å²) in [7, 11) is 0. The Labute approximate surface area is 148 Å². The number of aryl methyl sites for hydroxylation is 1. The van der Waals surface area contributed by atoms with E-state index < -0.39 is 30.0 Å². The second kappa shape index (κ2) is 6.09. The van der Waals surface area contributed by atoms with Gasteiger partial charge in [0, 0.05) is 10.9 Å². The molecule has 1 fully saturated rings. The van der Waals surface area contributed by atoms with E-state index in [1.165, 1.54) is 11.3 Å². The van der Waals surface area contributed by atoms with E-state index in [1.54, 1.807) is 12.2 Å². The second-order valence-electron chi connectivity index (χ2n) is 6.23. The number of nitrogens with zero attached hydrogens (tertiary/aromatic N) is 1. The number of anilines is 1. The molecule has 1 aromatic heterocycles. The average Bonchev–Trinajstić information content (AvgIpc) is 3.30. The van der Waals surface area contributed by atoms with Crippen molar-refractivity contribution in [3.05, 3.63) is 47.4 Å². The van der Waals surface area contributed by atoms with Gasteiger partial charge in [0.15, 0.2) is 5.13 Å². The summed E-state index contributed by atoms with van der Waals surface area (Å²) in [5.74, 6) is -2.98. The zero-order valence-corrected chi connectivity index (χ0v) is 14.2. The number of carbonyl (C=O) groups excluding carboxylic acids is 1. The Balaban J connectivity index is 1.51. The first-order valence-electron chi connectivity index (χ1n) is 7.93. The summed E-state index contributed by atoms with van der Waals surface area (Å²) in [4.78, 5) is 28.5. The molecule has 6 nitrogen and oxygen atoms in total. The number of aliphatic carboxylic acids is 1. The zero-order valence-electron chi connectivity index (χ0n) is 13.4. The van der Waals surface area contributed by atoms with Gasteiger partial charge in [-0.05, 0) is 6.92 Å². The molecule has 2 aromatic rings. The Kier molecular flexibility index (Phi) is 3.89. The highest BCUT2D eigenvalue weighted by Crippen LogP contribution is 2.40. The van der Waals surface area contributed by atoms with Crippen LogP contribution in [0.5, 0.6) is 0 Å². The van der Waals surface area contributed by atoms with Gasteiger partial charge in [-0.25, -0.2) is 4.98 Å². The predicted molar refractivity (Wildman–Crippen MR) is 93.3 cm³/mol. The van der Waals surface area contributed by atoms with E-state index in [0.717, 1.165) is 16.8 Å². The van der Waals surface area contributed by atoms with Crippen molar-refractivity contribution in [1.82, 2.24) is 4.98 Å². The van der Waals surface area contributed by atoms with Crippen molar-refractivity contribution in [2.24, 2.45) is 11.8 Å². The van der Waals surface area contributed by atoms with Crippen LogP contribution in [0.3, 0.4) is 0 Å². The summed E-state index contributed by atoms with van der Waals surface area (Å²) in [5, 5.41) is 14.5. The van der Waals surface area contributed by atoms with Gasteiger partial charge in [0.2, 0.25) is 5.91 Å². The summed E-state index contributed by atoms with van der Waals surface area (Å²) in [6.45, 7) is 2.02. The third-order valence-corrected chi connectivity index (χ3v) is 5.33. The number of amides is 1.